The fourth-order valence-corrected chi connectivity index (χ4v) is 4.55. The molecule has 1 unspecified atom stereocenters. The Balaban J connectivity index is 1.74. The second-order valence-corrected chi connectivity index (χ2v) is 9.00. The smallest absolute Gasteiger partial charge is 0.357 e. The van der Waals surface area contributed by atoms with Crippen LogP contribution in [-0.4, -0.2) is 0 Å². The van der Waals surface area contributed by atoms with Gasteiger partial charge in [-0.05, 0) is 72.5 Å². The topological polar surface area (TPSA) is 3.24 Å². The zero-order valence-corrected chi connectivity index (χ0v) is 18.5. The van der Waals surface area contributed by atoms with E-state index in [1.165, 1.54) is 12.1 Å². The van der Waals surface area contributed by atoms with E-state index in [1.54, 1.807) is 12.1 Å². The molecule has 0 aromatic heterocycles. The summed E-state index contributed by atoms with van der Waals surface area (Å²) in [5, 5.41) is 0. The van der Waals surface area contributed by atoms with Gasteiger partial charge in [-0.2, -0.15) is 13.2 Å². The lowest BCUT2D eigenvalue weighted by molar-refractivity contribution is -0.137. The van der Waals surface area contributed by atoms with Gasteiger partial charge in [0.2, 0.25) is 0 Å². The van der Waals surface area contributed by atoms with Crippen molar-refractivity contribution in [3.63, 3.8) is 0 Å². The van der Waals surface area contributed by atoms with Crippen LogP contribution in [0, 0.1) is 0 Å². The molecule has 1 nitrogen and oxygen atoms in total. The molecule has 3 aromatic carbocycles. The Morgan fingerprint density at radius 1 is 0.655 bits per heavy atom. The first-order valence-electron chi connectivity index (χ1n) is 9.29. The average Bonchev–Trinajstić information content (AvgIpc) is 3.13. The van der Waals surface area contributed by atoms with Crippen LogP contribution >= 0.6 is 31.9 Å². The summed E-state index contributed by atoms with van der Waals surface area (Å²) < 4.78 is 41.1. The van der Waals surface area contributed by atoms with Gasteiger partial charge in [0.25, 0.3) is 0 Å². The first-order valence-corrected chi connectivity index (χ1v) is 10.9. The van der Waals surface area contributed by atoms with Gasteiger partial charge in [-0.1, -0.05) is 56.1 Å². The molecule has 2 atom stereocenters. The van der Waals surface area contributed by atoms with Crippen molar-refractivity contribution in [2.75, 3.05) is 4.90 Å². The van der Waals surface area contributed by atoms with Crippen molar-refractivity contribution in [2.24, 2.45) is 0 Å². The maximum atomic E-state index is 13.0. The van der Waals surface area contributed by atoms with Gasteiger partial charge in [0.15, 0.2) is 0 Å². The van der Waals surface area contributed by atoms with E-state index in [9.17, 15) is 13.2 Å². The Hall–Kier alpha value is -1.79. The molecule has 1 saturated heterocycles. The van der Waals surface area contributed by atoms with Crippen LogP contribution in [0.3, 0.4) is 0 Å². The zero-order valence-electron chi connectivity index (χ0n) is 15.3. The summed E-state index contributed by atoms with van der Waals surface area (Å²) in [4.78, 5) is 2.26. The standard InChI is InChI=1S/C23H18Br2F3N/c24-18-7-1-15(2-8-18)21-13-14-22(16-3-9-19(25)10-4-16)29(21)20-11-5-17(6-12-20)23(26,27)28/h1-12,21-22H,13-14H2/t21-,22?/m1/s1. The van der Waals surface area contributed by atoms with Crippen molar-refractivity contribution in [2.45, 2.75) is 31.1 Å². The van der Waals surface area contributed by atoms with E-state index in [2.05, 4.69) is 61.0 Å². The quantitative estimate of drug-likeness (QED) is 0.333. The number of rotatable bonds is 3. The van der Waals surface area contributed by atoms with Gasteiger partial charge in [-0.3, -0.25) is 0 Å². The molecule has 0 amide bonds. The summed E-state index contributed by atoms with van der Waals surface area (Å²) in [5.74, 6) is 0. The van der Waals surface area contributed by atoms with Crippen LogP contribution in [0.2, 0.25) is 0 Å². The van der Waals surface area contributed by atoms with E-state index < -0.39 is 11.7 Å². The monoisotopic (exact) mass is 523 g/mol. The second-order valence-electron chi connectivity index (χ2n) is 7.16. The van der Waals surface area contributed by atoms with Crippen LogP contribution in [-0.2, 0) is 6.18 Å². The number of hydrogen-bond donors (Lipinski definition) is 0. The molecule has 4 rings (SSSR count). The zero-order chi connectivity index (χ0) is 20.6. The van der Waals surface area contributed by atoms with Crippen LogP contribution < -0.4 is 4.90 Å². The van der Waals surface area contributed by atoms with Gasteiger partial charge in [-0.25, -0.2) is 0 Å². The van der Waals surface area contributed by atoms with Gasteiger partial charge in [-0.15, -0.1) is 0 Å². The van der Waals surface area contributed by atoms with Crippen LogP contribution in [0.15, 0.2) is 81.7 Å². The van der Waals surface area contributed by atoms with Crippen molar-refractivity contribution < 1.29 is 13.2 Å². The van der Waals surface area contributed by atoms with Crippen molar-refractivity contribution in [1.29, 1.82) is 0 Å². The first-order chi connectivity index (χ1) is 13.8. The van der Waals surface area contributed by atoms with Gasteiger partial charge in [0, 0.05) is 14.6 Å². The van der Waals surface area contributed by atoms with Crippen molar-refractivity contribution >= 4 is 37.5 Å². The molecule has 1 aliphatic heterocycles. The lowest BCUT2D eigenvalue weighted by atomic mass is 10.0. The number of hydrogen-bond acceptors (Lipinski definition) is 1. The number of halogens is 5. The summed E-state index contributed by atoms with van der Waals surface area (Å²) in [6, 6.07) is 22.1. The summed E-state index contributed by atoms with van der Waals surface area (Å²) in [6.45, 7) is 0. The Kier molecular flexibility index (Phi) is 5.76. The first kappa shape index (κ1) is 20.5. The van der Waals surface area contributed by atoms with Crippen molar-refractivity contribution in [1.82, 2.24) is 0 Å². The van der Waals surface area contributed by atoms with E-state index in [-0.39, 0.29) is 12.1 Å². The fraction of sp³-hybridized carbons (Fsp3) is 0.217. The Labute approximate surface area is 184 Å². The maximum absolute atomic E-state index is 13.0. The van der Waals surface area contributed by atoms with Crippen molar-refractivity contribution in [3.05, 3.63) is 98.4 Å². The van der Waals surface area contributed by atoms with Gasteiger partial charge in [0.1, 0.15) is 0 Å². The van der Waals surface area contributed by atoms with Crippen LogP contribution in [0.1, 0.15) is 41.6 Å². The Morgan fingerprint density at radius 3 is 1.45 bits per heavy atom. The van der Waals surface area contributed by atoms with E-state index >= 15 is 0 Å². The lowest BCUT2D eigenvalue weighted by Gasteiger charge is -2.33. The van der Waals surface area contributed by atoms with E-state index in [0.29, 0.717) is 0 Å². The van der Waals surface area contributed by atoms with Crippen molar-refractivity contribution in [3.8, 4) is 0 Å². The molecule has 0 bridgehead atoms. The van der Waals surface area contributed by atoms with Crippen LogP contribution in [0.5, 0.6) is 0 Å². The molecule has 1 heterocycles. The molecule has 0 aliphatic carbocycles. The summed E-state index contributed by atoms with van der Waals surface area (Å²) in [5.41, 5.74) is 2.50. The largest absolute Gasteiger partial charge is 0.416 e. The number of nitrogens with zero attached hydrogens (tertiary/aromatic N) is 1. The minimum absolute atomic E-state index is 0.105. The summed E-state index contributed by atoms with van der Waals surface area (Å²) in [6.07, 6.45) is -2.47. The second kappa shape index (κ2) is 8.15. The molecule has 150 valence electrons. The molecule has 1 fully saturated rings. The third-order valence-electron chi connectivity index (χ3n) is 5.39. The molecule has 0 radical (unpaired) electrons. The average molecular weight is 525 g/mol. The van der Waals surface area contributed by atoms with Gasteiger partial charge in [0.05, 0.1) is 17.6 Å². The maximum Gasteiger partial charge on any atom is 0.416 e. The third kappa shape index (κ3) is 4.38. The van der Waals surface area contributed by atoms with E-state index in [1.807, 2.05) is 24.3 Å². The molecular weight excluding hydrogens is 507 g/mol. The molecular formula is C23H18Br2F3N. The molecule has 0 N–H and O–H groups in total. The molecule has 1 aliphatic rings. The predicted octanol–water partition coefficient (Wildman–Crippen LogP) is 8.31. The lowest BCUT2D eigenvalue weighted by Crippen LogP contribution is -2.26. The number of alkyl halides is 3. The minimum atomic E-state index is -4.33. The third-order valence-corrected chi connectivity index (χ3v) is 6.44. The fourth-order valence-electron chi connectivity index (χ4n) is 4.02. The van der Waals surface area contributed by atoms with Gasteiger partial charge < -0.3 is 4.90 Å². The Bertz CT molecular complexity index is 914. The Morgan fingerprint density at radius 2 is 1.07 bits per heavy atom. The highest BCUT2D eigenvalue weighted by Crippen LogP contribution is 2.47. The molecule has 0 saturated carbocycles. The van der Waals surface area contributed by atoms with E-state index in [0.717, 1.165) is 38.6 Å². The summed E-state index contributed by atoms with van der Waals surface area (Å²) >= 11 is 6.94. The minimum Gasteiger partial charge on any atom is -0.357 e. The predicted molar refractivity (Wildman–Crippen MR) is 117 cm³/mol. The SMILES string of the molecule is FC(F)(F)c1ccc(N2C(c3ccc(Br)cc3)CC[C@@H]2c2ccc(Br)cc2)cc1. The molecule has 6 heteroatoms. The van der Waals surface area contributed by atoms with Gasteiger partial charge >= 0.3 is 6.18 Å². The highest BCUT2D eigenvalue weighted by atomic mass is 79.9. The number of benzene rings is 3. The van der Waals surface area contributed by atoms with Crippen LogP contribution in [0.4, 0.5) is 18.9 Å². The molecule has 3 aromatic rings. The summed E-state index contributed by atoms with van der Waals surface area (Å²) in [7, 11) is 0. The molecule has 0 spiro atoms. The van der Waals surface area contributed by atoms with E-state index in [4.69, 9.17) is 0 Å². The molecule has 29 heavy (non-hydrogen) atoms. The van der Waals surface area contributed by atoms with Crippen LogP contribution in [0.25, 0.3) is 0 Å². The highest BCUT2D eigenvalue weighted by Gasteiger charge is 2.36. The number of anilines is 1. The normalized spacial score (nSPS) is 19.6. The highest BCUT2D eigenvalue weighted by molar-refractivity contribution is 9.10.